The Morgan fingerprint density at radius 2 is 1.15 bits per heavy atom. The molecule has 0 N–H and O–H groups in total. The fraction of sp³-hybridized carbons (Fsp3) is 0.407. The number of amides is 1. The van der Waals surface area contributed by atoms with Crippen molar-refractivity contribution in [1.29, 1.82) is 0 Å². The molecule has 0 saturated carbocycles. The van der Waals surface area contributed by atoms with Gasteiger partial charge in [-0.2, -0.15) is 0 Å². The summed E-state index contributed by atoms with van der Waals surface area (Å²) in [7, 11) is 0. The Bertz CT molecular complexity index is 1040. The Kier molecular flexibility index (Phi) is 7.34. The summed E-state index contributed by atoms with van der Waals surface area (Å²) < 4.78 is 5.68. The van der Waals surface area contributed by atoms with E-state index in [1.54, 1.807) is 0 Å². The van der Waals surface area contributed by atoms with Crippen LogP contribution in [0.25, 0.3) is 0 Å². The van der Waals surface area contributed by atoms with Crippen LogP contribution in [0.1, 0.15) is 27.5 Å². The van der Waals surface area contributed by atoms with Crippen molar-refractivity contribution in [2.45, 2.75) is 19.6 Å². The predicted molar refractivity (Wildman–Crippen MR) is 131 cm³/mol. The van der Waals surface area contributed by atoms with E-state index < -0.39 is 0 Å². The van der Waals surface area contributed by atoms with Crippen molar-refractivity contribution < 1.29 is 9.21 Å². The Morgan fingerprint density at radius 1 is 0.676 bits per heavy atom. The number of aromatic nitrogens is 1. The average molecular weight is 460 g/mol. The van der Waals surface area contributed by atoms with E-state index in [4.69, 9.17) is 4.42 Å². The zero-order chi connectivity index (χ0) is 23.2. The van der Waals surface area contributed by atoms with Gasteiger partial charge < -0.3 is 9.32 Å². The van der Waals surface area contributed by atoms with Gasteiger partial charge in [-0.05, 0) is 11.1 Å². The summed E-state index contributed by atoms with van der Waals surface area (Å²) in [6.45, 7) is 9.75. The minimum Gasteiger partial charge on any atom is -0.447 e. The number of benzene rings is 2. The average Bonchev–Trinajstić information content (AvgIpc) is 3.35. The van der Waals surface area contributed by atoms with Gasteiger partial charge in [0.25, 0.3) is 5.91 Å². The lowest BCUT2D eigenvalue weighted by Gasteiger charge is -2.34. The van der Waals surface area contributed by atoms with Gasteiger partial charge in [0.1, 0.15) is 6.26 Å². The second-order valence-electron chi connectivity index (χ2n) is 9.22. The first kappa shape index (κ1) is 22.8. The first-order chi connectivity index (χ1) is 16.7. The van der Waals surface area contributed by atoms with E-state index >= 15 is 0 Å². The maximum Gasteiger partial charge on any atom is 0.275 e. The standard InChI is InChI=1S/C27H33N5O2/c33-27(32-17-15-30(16-18-32)20-24-9-5-2-6-10-24)25-22-34-26(28-25)21-31-13-11-29(12-14-31)19-23-7-3-1-4-8-23/h1-10,22H,11-21H2. The lowest BCUT2D eigenvalue weighted by molar-refractivity contribution is 0.0622. The molecular formula is C27H33N5O2. The molecule has 2 aliphatic rings. The molecule has 178 valence electrons. The van der Waals surface area contributed by atoms with Crippen LogP contribution in [0.4, 0.5) is 0 Å². The molecule has 0 spiro atoms. The Morgan fingerprint density at radius 3 is 1.68 bits per heavy atom. The largest absolute Gasteiger partial charge is 0.447 e. The fourth-order valence-electron chi connectivity index (χ4n) is 4.73. The van der Waals surface area contributed by atoms with E-state index in [1.165, 1.54) is 17.4 Å². The third-order valence-corrected chi connectivity index (χ3v) is 6.75. The molecular weight excluding hydrogens is 426 g/mol. The van der Waals surface area contributed by atoms with Gasteiger partial charge in [-0.25, -0.2) is 4.98 Å². The normalized spacial score (nSPS) is 18.3. The van der Waals surface area contributed by atoms with Crippen molar-refractivity contribution in [1.82, 2.24) is 24.6 Å². The smallest absolute Gasteiger partial charge is 0.275 e. The fourth-order valence-corrected chi connectivity index (χ4v) is 4.73. The molecule has 2 aliphatic heterocycles. The van der Waals surface area contributed by atoms with Crippen LogP contribution in [0.5, 0.6) is 0 Å². The summed E-state index contributed by atoms with van der Waals surface area (Å²) in [6, 6.07) is 21.1. The molecule has 0 bridgehead atoms. The van der Waals surface area contributed by atoms with Crippen molar-refractivity contribution >= 4 is 5.91 Å². The number of hydrogen-bond donors (Lipinski definition) is 0. The summed E-state index contributed by atoms with van der Waals surface area (Å²) in [4.78, 5) is 26.6. The Labute approximate surface area is 201 Å². The number of nitrogens with zero attached hydrogens (tertiary/aromatic N) is 5. The molecule has 2 fully saturated rings. The molecule has 2 saturated heterocycles. The second-order valence-corrected chi connectivity index (χ2v) is 9.22. The van der Waals surface area contributed by atoms with Crippen LogP contribution >= 0.6 is 0 Å². The van der Waals surface area contributed by atoms with Crippen LogP contribution in [0, 0.1) is 0 Å². The summed E-state index contributed by atoms with van der Waals surface area (Å²) >= 11 is 0. The minimum absolute atomic E-state index is 0.0259. The van der Waals surface area contributed by atoms with Gasteiger partial charge in [-0.3, -0.25) is 19.5 Å². The minimum atomic E-state index is -0.0259. The van der Waals surface area contributed by atoms with Gasteiger partial charge in [-0.1, -0.05) is 60.7 Å². The Balaban J connectivity index is 1.06. The second kappa shape index (κ2) is 11.0. The summed E-state index contributed by atoms with van der Waals surface area (Å²) in [5, 5.41) is 0. The molecule has 7 heteroatoms. The van der Waals surface area contributed by atoms with Gasteiger partial charge in [0.2, 0.25) is 5.89 Å². The molecule has 5 rings (SSSR count). The third kappa shape index (κ3) is 5.91. The quantitative estimate of drug-likeness (QED) is 0.542. The molecule has 1 amide bonds. The van der Waals surface area contributed by atoms with Crippen molar-refractivity contribution in [2.75, 3.05) is 52.4 Å². The molecule has 3 heterocycles. The maximum atomic E-state index is 13.0. The first-order valence-corrected chi connectivity index (χ1v) is 12.2. The highest BCUT2D eigenvalue weighted by Gasteiger charge is 2.25. The van der Waals surface area contributed by atoms with E-state index in [1.807, 2.05) is 11.0 Å². The molecule has 7 nitrogen and oxygen atoms in total. The summed E-state index contributed by atoms with van der Waals surface area (Å²) in [5.74, 6) is 0.601. The molecule has 2 aromatic carbocycles. The molecule has 0 unspecified atom stereocenters. The number of piperazine rings is 2. The van der Waals surface area contributed by atoms with Crippen LogP contribution < -0.4 is 0 Å². The molecule has 3 aromatic rings. The van der Waals surface area contributed by atoms with Gasteiger partial charge in [-0.15, -0.1) is 0 Å². The molecule has 34 heavy (non-hydrogen) atoms. The van der Waals surface area contributed by atoms with Crippen molar-refractivity contribution in [3.05, 3.63) is 89.6 Å². The number of oxazole rings is 1. The van der Waals surface area contributed by atoms with E-state index in [2.05, 4.69) is 74.3 Å². The SMILES string of the molecule is O=C(c1coc(CN2CCN(Cc3ccccc3)CC2)n1)N1CCN(Cc2ccccc2)CC1. The number of carbonyl (C=O) groups is 1. The van der Waals surface area contributed by atoms with Crippen molar-refractivity contribution in [3.63, 3.8) is 0 Å². The van der Waals surface area contributed by atoms with Gasteiger partial charge >= 0.3 is 0 Å². The number of hydrogen-bond acceptors (Lipinski definition) is 6. The zero-order valence-corrected chi connectivity index (χ0v) is 19.7. The maximum absolute atomic E-state index is 13.0. The van der Waals surface area contributed by atoms with Crippen LogP contribution in [-0.2, 0) is 19.6 Å². The van der Waals surface area contributed by atoms with E-state index in [0.717, 1.165) is 65.4 Å². The van der Waals surface area contributed by atoms with Crippen LogP contribution in [0.3, 0.4) is 0 Å². The molecule has 0 aliphatic carbocycles. The number of carbonyl (C=O) groups excluding carboxylic acids is 1. The topological polar surface area (TPSA) is 56.1 Å². The van der Waals surface area contributed by atoms with Crippen molar-refractivity contribution in [2.24, 2.45) is 0 Å². The highest BCUT2D eigenvalue weighted by molar-refractivity contribution is 5.92. The van der Waals surface area contributed by atoms with Gasteiger partial charge in [0.15, 0.2) is 5.69 Å². The monoisotopic (exact) mass is 459 g/mol. The van der Waals surface area contributed by atoms with E-state index in [9.17, 15) is 4.79 Å². The van der Waals surface area contributed by atoms with Gasteiger partial charge in [0, 0.05) is 65.4 Å². The van der Waals surface area contributed by atoms with Crippen LogP contribution in [0.15, 0.2) is 71.3 Å². The highest BCUT2D eigenvalue weighted by atomic mass is 16.3. The highest BCUT2D eigenvalue weighted by Crippen LogP contribution is 2.14. The molecule has 0 atom stereocenters. The summed E-state index contributed by atoms with van der Waals surface area (Å²) in [6.07, 6.45) is 1.53. The van der Waals surface area contributed by atoms with E-state index in [-0.39, 0.29) is 5.91 Å². The van der Waals surface area contributed by atoms with Crippen LogP contribution in [-0.4, -0.2) is 82.8 Å². The predicted octanol–water partition coefficient (Wildman–Crippen LogP) is 2.95. The summed E-state index contributed by atoms with van der Waals surface area (Å²) in [5.41, 5.74) is 3.09. The number of rotatable bonds is 7. The Hall–Kier alpha value is -3.00. The zero-order valence-electron chi connectivity index (χ0n) is 19.7. The van der Waals surface area contributed by atoms with E-state index in [0.29, 0.717) is 18.1 Å². The lowest BCUT2D eigenvalue weighted by Crippen LogP contribution is -2.48. The van der Waals surface area contributed by atoms with Crippen molar-refractivity contribution in [3.8, 4) is 0 Å². The molecule has 1 aromatic heterocycles. The van der Waals surface area contributed by atoms with Crippen LogP contribution in [0.2, 0.25) is 0 Å². The third-order valence-electron chi connectivity index (χ3n) is 6.75. The lowest BCUT2D eigenvalue weighted by atomic mass is 10.2. The molecule has 0 radical (unpaired) electrons. The first-order valence-electron chi connectivity index (χ1n) is 12.2. The van der Waals surface area contributed by atoms with Gasteiger partial charge in [0.05, 0.1) is 6.54 Å².